The lowest BCUT2D eigenvalue weighted by Crippen LogP contribution is -2.23. The standard InChI is InChI=1S/C7H4ClN3O2/c8-7-9-11(13)6-4-2-1-3-5(6)10(7)12/h1-4H. The fraction of sp³-hybridized carbons (Fsp3) is 0. The first-order chi connectivity index (χ1) is 6.20. The van der Waals surface area contributed by atoms with Crippen molar-refractivity contribution in [1.29, 1.82) is 0 Å². The van der Waals surface area contributed by atoms with Crippen LogP contribution in [0.5, 0.6) is 0 Å². The van der Waals surface area contributed by atoms with Gasteiger partial charge in [-0.2, -0.15) is 0 Å². The van der Waals surface area contributed by atoms with Gasteiger partial charge in [-0.1, -0.05) is 12.1 Å². The molecule has 0 atom stereocenters. The minimum atomic E-state index is -0.381. The molecule has 0 aliphatic rings. The highest BCUT2D eigenvalue weighted by atomic mass is 35.5. The highest BCUT2D eigenvalue weighted by molar-refractivity contribution is 6.28. The number of para-hydroxylation sites is 2. The van der Waals surface area contributed by atoms with Gasteiger partial charge in [-0.3, -0.25) is 0 Å². The number of nitrogens with zero attached hydrogens (tertiary/aromatic N) is 3. The fourth-order valence-corrected chi connectivity index (χ4v) is 1.23. The molecule has 0 aliphatic carbocycles. The molecule has 6 heteroatoms. The Balaban J connectivity index is 3.06. The van der Waals surface area contributed by atoms with Gasteiger partial charge in [0.2, 0.25) is 0 Å². The molecule has 0 fully saturated rings. The van der Waals surface area contributed by atoms with Crippen LogP contribution in [-0.4, -0.2) is 9.83 Å². The summed E-state index contributed by atoms with van der Waals surface area (Å²) in [5.41, 5.74) is 0.402. The minimum absolute atomic E-state index is 0.196. The molecule has 0 amide bonds. The van der Waals surface area contributed by atoms with E-state index in [9.17, 15) is 10.1 Å². The van der Waals surface area contributed by atoms with Crippen LogP contribution in [0.25, 0.3) is 11.0 Å². The monoisotopic (exact) mass is 197 g/mol. The lowest BCUT2D eigenvalue weighted by Gasteiger charge is -2.09. The van der Waals surface area contributed by atoms with Gasteiger partial charge in [0, 0.05) is 6.07 Å². The summed E-state index contributed by atoms with van der Waals surface area (Å²) < 4.78 is 0.733. The first-order valence-corrected chi connectivity index (χ1v) is 3.85. The van der Waals surface area contributed by atoms with Crippen LogP contribution >= 0.6 is 11.6 Å². The van der Waals surface area contributed by atoms with E-state index in [4.69, 9.17) is 11.6 Å². The van der Waals surface area contributed by atoms with Crippen molar-refractivity contribution in [3.63, 3.8) is 0 Å². The van der Waals surface area contributed by atoms with Crippen molar-refractivity contribution in [2.45, 2.75) is 0 Å². The SMILES string of the molecule is O=[n+]1nc(Cl)n([O-])c2ccccc21. The Morgan fingerprint density at radius 1 is 1.46 bits per heavy atom. The Bertz CT molecular complexity index is 523. The Labute approximate surface area is 77.4 Å². The quantitative estimate of drug-likeness (QED) is 0.591. The molecular weight excluding hydrogens is 194 g/mol. The Kier molecular flexibility index (Phi) is 1.66. The maximum absolute atomic E-state index is 11.3. The second-order valence-electron chi connectivity index (χ2n) is 2.43. The van der Waals surface area contributed by atoms with Crippen molar-refractivity contribution >= 4 is 22.6 Å². The van der Waals surface area contributed by atoms with E-state index in [-0.39, 0.29) is 16.3 Å². The van der Waals surface area contributed by atoms with E-state index in [0.29, 0.717) is 9.27 Å². The first-order valence-electron chi connectivity index (χ1n) is 3.48. The number of benzene rings is 1. The largest absolute Gasteiger partial charge is 0.803 e. The summed E-state index contributed by atoms with van der Waals surface area (Å²) in [6, 6.07) is 6.30. The van der Waals surface area contributed by atoms with Gasteiger partial charge >= 0.3 is 5.52 Å². The molecule has 0 spiro atoms. The lowest BCUT2D eigenvalue weighted by atomic mass is 10.3. The third kappa shape index (κ3) is 1.13. The van der Waals surface area contributed by atoms with E-state index >= 15 is 0 Å². The van der Waals surface area contributed by atoms with Gasteiger partial charge in [-0.15, -0.1) is 0 Å². The normalized spacial score (nSPS) is 10.5. The minimum Gasteiger partial charge on any atom is -0.803 e. The van der Waals surface area contributed by atoms with E-state index in [1.54, 1.807) is 12.1 Å². The van der Waals surface area contributed by atoms with Crippen LogP contribution in [0.3, 0.4) is 0 Å². The average molecular weight is 198 g/mol. The van der Waals surface area contributed by atoms with Gasteiger partial charge < -0.3 is 9.94 Å². The van der Waals surface area contributed by atoms with E-state index in [2.05, 4.69) is 5.10 Å². The summed E-state index contributed by atoms with van der Waals surface area (Å²) in [4.78, 5) is 11.1. The highest BCUT2D eigenvalue weighted by Crippen LogP contribution is 2.11. The van der Waals surface area contributed by atoms with Crippen LogP contribution < -0.4 is 4.54 Å². The van der Waals surface area contributed by atoms with Crippen LogP contribution in [0.1, 0.15) is 0 Å². The summed E-state index contributed by atoms with van der Waals surface area (Å²) in [7, 11) is 0. The van der Waals surface area contributed by atoms with Gasteiger partial charge in [0.05, 0.1) is 10.0 Å². The molecule has 0 N–H and O–H groups in total. The van der Waals surface area contributed by atoms with Gasteiger partial charge in [-0.05, 0) is 17.7 Å². The summed E-state index contributed by atoms with van der Waals surface area (Å²) in [5.74, 6) is 0. The molecule has 2 rings (SSSR count). The molecule has 1 aromatic heterocycles. The van der Waals surface area contributed by atoms with E-state index in [1.165, 1.54) is 12.1 Å². The predicted octanol–water partition coefficient (Wildman–Crippen LogP) is 0.950. The zero-order valence-electron chi connectivity index (χ0n) is 6.35. The Morgan fingerprint density at radius 2 is 2.15 bits per heavy atom. The molecule has 5 nitrogen and oxygen atoms in total. The smallest absolute Gasteiger partial charge is 0.318 e. The molecule has 0 bridgehead atoms. The lowest BCUT2D eigenvalue weighted by molar-refractivity contribution is -0.536. The second kappa shape index (κ2) is 2.70. The van der Waals surface area contributed by atoms with Gasteiger partial charge in [0.15, 0.2) is 4.54 Å². The van der Waals surface area contributed by atoms with E-state index in [1.807, 2.05) is 0 Å². The molecule has 0 saturated carbocycles. The van der Waals surface area contributed by atoms with Crippen LogP contribution in [-0.2, 0) is 0 Å². The highest BCUT2D eigenvalue weighted by Gasteiger charge is 2.10. The maximum Gasteiger partial charge on any atom is 0.318 e. The van der Waals surface area contributed by atoms with Crippen LogP contribution in [0.15, 0.2) is 24.3 Å². The van der Waals surface area contributed by atoms with Gasteiger partial charge in [-0.25, -0.2) is 0 Å². The van der Waals surface area contributed by atoms with Crippen LogP contribution in [0, 0.1) is 10.1 Å². The van der Waals surface area contributed by atoms with E-state index < -0.39 is 0 Å². The van der Waals surface area contributed by atoms with Crippen molar-refractivity contribution in [3.05, 3.63) is 39.7 Å². The number of halogens is 1. The first kappa shape index (κ1) is 8.00. The topological polar surface area (TPSA) is 63.8 Å². The summed E-state index contributed by atoms with van der Waals surface area (Å²) in [6.07, 6.45) is 0. The third-order valence-corrected chi connectivity index (χ3v) is 1.88. The van der Waals surface area contributed by atoms with E-state index in [0.717, 1.165) is 0 Å². The van der Waals surface area contributed by atoms with Crippen molar-refractivity contribution in [2.24, 2.45) is 0 Å². The number of rotatable bonds is 0. The molecule has 1 aromatic carbocycles. The van der Waals surface area contributed by atoms with Crippen molar-refractivity contribution in [1.82, 2.24) is 9.83 Å². The fourth-order valence-electron chi connectivity index (χ4n) is 1.07. The molecule has 2 aromatic rings. The zero-order chi connectivity index (χ0) is 9.42. The second-order valence-corrected chi connectivity index (χ2v) is 2.76. The molecule has 1 heterocycles. The number of hydrogen-bond acceptors (Lipinski definition) is 3. The number of aromatic nitrogens is 3. The third-order valence-electron chi connectivity index (χ3n) is 1.65. The summed E-state index contributed by atoms with van der Waals surface area (Å²) in [6.45, 7) is 0. The molecule has 0 radical (unpaired) electrons. The van der Waals surface area contributed by atoms with Crippen LogP contribution in [0.2, 0.25) is 5.28 Å². The van der Waals surface area contributed by atoms with Crippen molar-refractivity contribution in [2.75, 3.05) is 0 Å². The Hall–Kier alpha value is -1.62. The van der Waals surface area contributed by atoms with Gasteiger partial charge in [0.1, 0.15) is 5.52 Å². The Morgan fingerprint density at radius 3 is 2.92 bits per heavy atom. The summed E-state index contributed by atoms with van der Waals surface area (Å²) >= 11 is 5.41. The van der Waals surface area contributed by atoms with Crippen molar-refractivity contribution < 1.29 is 4.54 Å². The summed E-state index contributed by atoms with van der Waals surface area (Å²) in [5, 5.41) is 14.1. The molecule has 0 saturated heterocycles. The molecule has 0 unspecified atom stereocenters. The average Bonchev–Trinajstić information content (AvgIpc) is 2.15. The molecule has 66 valence electrons. The number of fused-ring (bicyclic) bond motifs is 1. The maximum atomic E-state index is 11.3. The predicted molar refractivity (Wildman–Crippen MR) is 46.9 cm³/mol. The number of hydrogen-bond donors (Lipinski definition) is 0. The molecular formula is C7H4ClN3O2. The zero-order valence-corrected chi connectivity index (χ0v) is 7.10. The van der Waals surface area contributed by atoms with Crippen LogP contribution in [0.4, 0.5) is 0 Å². The van der Waals surface area contributed by atoms with Crippen molar-refractivity contribution in [3.8, 4) is 0 Å². The molecule has 0 aliphatic heterocycles. The van der Waals surface area contributed by atoms with Gasteiger partial charge in [0.25, 0.3) is 5.28 Å². The molecule has 13 heavy (non-hydrogen) atoms.